The Morgan fingerprint density at radius 1 is 1.14 bits per heavy atom. The number of rotatable bonds is 4. The molecule has 2 aromatic rings. The second-order valence-electron chi connectivity index (χ2n) is 8.53. The van der Waals surface area contributed by atoms with Crippen LogP contribution < -0.4 is 14.8 Å². The molecule has 4 nitrogen and oxygen atoms in total. The molecule has 1 heterocycles. The van der Waals surface area contributed by atoms with Gasteiger partial charge in [0.05, 0.1) is 6.04 Å². The Labute approximate surface area is 167 Å². The molecule has 1 amide bonds. The zero-order chi connectivity index (χ0) is 19.7. The van der Waals surface area contributed by atoms with E-state index in [0.717, 1.165) is 36.3 Å². The molecule has 0 unspecified atom stereocenters. The summed E-state index contributed by atoms with van der Waals surface area (Å²) in [7, 11) is 0. The Balaban J connectivity index is 1.48. The van der Waals surface area contributed by atoms with Crippen molar-refractivity contribution in [1.29, 1.82) is 0 Å². The summed E-state index contributed by atoms with van der Waals surface area (Å²) in [5, 5.41) is 3.19. The van der Waals surface area contributed by atoms with Crippen molar-refractivity contribution in [3.05, 3.63) is 59.2 Å². The number of nitrogens with one attached hydrogen (secondary N) is 1. The molecule has 0 spiro atoms. The summed E-state index contributed by atoms with van der Waals surface area (Å²) in [5.74, 6) is 1.60. The topological polar surface area (TPSA) is 47.6 Å². The number of aryl methyl sites for hydroxylation is 1. The van der Waals surface area contributed by atoms with Gasteiger partial charge in [0.2, 0.25) is 0 Å². The maximum atomic E-state index is 12.9. The van der Waals surface area contributed by atoms with Gasteiger partial charge in [-0.1, -0.05) is 30.3 Å². The van der Waals surface area contributed by atoms with Crippen LogP contribution in [0.3, 0.4) is 0 Å². The minimum atomic E-state index is -0.549. The van der Waals surface area contributed by atoms with Crippen molar-refractivity contribution in [3.8, 4) is 11.5 Å². The van der Waals surface area contributed by atoms with E-state index in [1.54, 1.807) is 0 Å². The monoisotopic (exact) mass is 379 g/mol. The van der Waals surface area contributed by atoms with Crippen LogP contribution in [0.5, 0.6) is 11.5 Å². The second-order valence-corrected chi connectivity index (χ2v) is 8.53. The van der Waals surface area contributed by atoms with E-state index in [0.29, 0.717) is 0 Å². The van der Waals surface area contributed by atoms with E-state index in [9.17, 15) is 4.79 Å². The van der Waals surface area contributed by atoms with Crippen LogP contribution in [0.15, 0.2) is 42.5 Å². The molecule has 4 rings (SSSR count). The van der Waals surface area contributed by atoms with Gasteiger partial charge in [-0.25, -0.2) is 0 Å². The van der Waals surface area contributed by atoms with Crippen LogP contribution in [0.1, 0.15) is 62.8 Å². The van der Waals surface area contributed by atoms with E-state index in [1.807, 2.05) is 43.3 Å². The van der Waals surface area contributed by atoms with Gasteiger partial charge in [0.25, 0.3) is 5.91 Å². The van der Waals surface area contributed by atoms with E-state index in [-0.39, 0.29) is 17.6 Å². The molecule has 4 heteroatoms. The molecule has 0 fully saturated rings. The predicted octanol–water partition coefficient (Wildman–Crippen LogP) is 4.75. The summed E-state index contributed by atoms with van der Waals surface area (Å²) in [4.78, 5) is 12.9. The number of carbonyl (C=O) groups excluding carboxylic acids is 1. The molecule has 0 aromatic heterocycles. The van der Waals surface area contributed by atoms with Gasteiger partial charge in [0.1, 0.15) is 17.1 Å². The van der Waals surface area contributed by atoms with E-state index in [2.05, 4.69) is 25.2 Å². The third kappa shape index (κ3) is 3.87. The van der Waals surface area contributed by atoms with E-state index < -0.39 is 6.10 Å². The zero-order valence-electron chi connectivity index (χ0n) is 17.0. The normalized spacial score (nSPS) is 20.9. The first-order chi connectivity index (χ1) is 13.4. The Morgan fingerprint density at radius 2 is 1.93 bits per heavy atom. The maximum Gasteiger partial charge on any atom is 0.261 e. The Morgan fingerprint density at radius 3 is 2.79 bits per heavy atom. The third-order valence-corrected chi connectivity index (χ3v) is 5.72. The van der Waals surface area contributed by atoms with Crippen LogP contribution >= 0.6 is 0 Å². The number of ether oxygens (including phenoxy) is 2. The molecule has 0 saturated carbocycles. The smallest absolute Gasteiger partial charge is 0.261 e. The van der Waals surface area contributed by atoms with E-state index in [4.69, 9.17) is 9.47 Å². The number of amides is 1. The minimum absolute atomic E-state index is 0.0804. The fourth-order valence-electron chi connectivity index (χ4n) is 4.32. The Hall–Kier alpha value is -2.49. The lowest BCUT2D eigenvalue weighted by Crippen LogP contribution is -2.44. The largest absolute Gasteiger partial charge is 0.487 e. The van der Waals surface area contributed by atoms with Crippen LogP contribution in [-0.4, -0.2) is 17.6 Å². The van der Waals surface area contributed by atoms with Gasteiger partial charge in [0, 0.05) is 12.0 Å². The van der Waals surface area contributed by atoms with Gasteiger partial charge in [-0.15, -0.1) is 0 Å². The summed E-state index contributed by atoms with van der Waals surface area (Å²) in [5.41, 5.74) is 3.33. The first-order valence-electron chi connectivity index (χ1n) is 10.3. The lowest BCUT2D eigenvalue weighted by Gasteiger charge is -2.38. The van der Waals surface area contributed by atoms with E-state index >= 15 is 0 Å². The van der Waals surface area contributed by atoms with Crippen molar-refractivity contribution in [3.63, 3.8) is 0 Å². The quantitative estimate of drug-likeness (QED) is 0.834. The van der Waals surface area contributed by atoms with Crippen LogP contribution in [0, 0.1) is 0 Å². The number of carbonyl (C=O) groups is 1. The summed E-state index contributed by atoms with van der Waals surface area (Å²) >= 11 is 0. The van der Waals surface area contributed by atoms with Crippen molar-refractivity contribution in [2.75, 3.05) is 0 Å². The summed E-state index contributed by atoms with van der Waals surface area (Å²) in [6.45, 7) is 5.94. The number of benzene rings is 2. The number of fused-ring (bicyclic) bond motifs is 2. The molecule has 148 valence electrons. The average molecular weight is 380 g/mol. The molecule has 1 aliphatic carbocycles. The second kappa shape index (κ2) is 7.50. The maximum absolute atomic E-state index is 12.9. The first-order valence-corrected chi connectivity index (χ1v) is 10.3. The van der Waals surface area contributed by atoms with Crippen molar-refractivity contribution < 1.29 is 14.3 Å². The van der Waals surface area contributed by atoms with Gasteiger partial charge >= 0.3 is 0 Å². The van der Waals surface area contributed by atoms with E-state index in [1.165, 1.54) is 24.0 Å². The molecule has 2 aromatic carbocycles. The molecule has 28 heavy (non-hydrogen) atoms. The van der Waals surface area contributed by atoms with Gasteiger partial charge in [0.15, 0.2) is 6.10 Å². The molecule has 2 atom stereocenters. The fraction of sp³-hybridized carbons (Fsp3) is 0.458. The van der Waals surface area contributed by atoms with Gasteiger partial charge < -0.3 is 14.8 Å². The molecule has 0 saturated heterocycles. The predicted molar refractivity (Wildman–Crippen MR) is 110 cm³/mol. The molecular weight excluding hydrogens is 350 g/mol. The molecule has 0 radical (unpaired) electrons. The fourth-order valence-corrected chi connectivity index (χ4v) is 4.32. The minimum Gasteiger partial charge on any atom is -0.487 e. The molecule has 1 aliphatic heterocycles. The highest BCUT2D eigenvalue weighted by atomic mass is 16.5. The highest BCUT2D eigenvalue weighted by Gasteiger charge is 2.35. The number of hydrogen-bond donors (Lipinski definition) is 1. The first kappa shape index (κ1) is 18.9. The van der Waals surface area contributed by atoms with Crippen molar-refractivity contribution >= 4 is 5.91 Å². The van der Waals surface area contributed by atoms with Crippen molar-refractivity contribution in [2.24, 2.45) is 0 Å². The van der Waals surface area contributed by atoms with Crippen LogP contribution in [0.2, 0.25) is 0 Å². The SMILES string of the molecule is C[C@H](Oc1cccc2c1CCCC2)C(=O)N[C@@H]1CC(C)(C)Oc2ccccc21. The zero-order valence-corrected chi connectivity index (χ0v) is 17.0. The molecule has 2 aliphatic rings. The average Bonchev–Trinajstić information content (AvgIpc) is 2.67. The van der Waals surface area contributed by atoms with Crippen LogP contribution in [0.4, 0.5) is 0 Å². The van der Waals surface area contributed by atoms with Gasteiger partial charge in [-0.05, 0) is 69.7 Å². The molecular formula is C24H29NO3. The molecule has 0 bridgehead atoms. The van der Waals surface area contributed by atoms with Crippen LogP contribution in [-0.2, 0) is 17.6 Å². The Kier molecular flexibility index (Phi) is 5.05. The van der Waals surface area contributed by atoms with Gasteiger partial charge in [-0.2, -0.15) is 0 Å². The summed E-state index contributed by atoms with van der Waals surface area (Å²) < 4.78 is 12.2. The van der Waals surface area contributed by atoms with Crippen molar-refractivity contribution in [1.82, 2.24) is 5.32 Å². The standard InChI is InChI=1S/C24H29NO3/c1-16(27-21-14-8-10-17-9-4-5-11-18(17)21)23(26)25-20-15-24(2,3)28-22-13-7-6-12-19(20)22/h6-8,10,12-14,16,20H,4-5,9,11,15H2,1-3H3,(H,25,26)/t16-,20+/m0/s1. The van der Waals surface area contributed by atoms with Gasteiger partial charge in [-0.3, -0.25) is 4.79 Å². The summed E-state index contributed by atoms with van der Waals surface area (Å²) in [6.07, 6.45) is 4.71. The highest BCUT2D eigenvalue weighted by Crippen LogP contribution is 2.39. The molecule has 1 N–H and O–H groups in total. The van der Waals surface area contributed by atoms with Crippen LogP contribution in [0.25, 0.3) is 0 Å². The lowest BCUT2D eigenvalue weighted by atomic mass is 9.89. The summed E-state index contributed by atoms with van der Waals surface area (Å²) in [6, 6.07) is 14.0. The van der Waals surface area contributed by atoms with Crippen molar-refractivity contribution in [2.45, 2.75) is 70.6 Å². The number of para-hydroxylation sites is 1. The lowest BCUT2D eigenvalue weighted by molar-refractivity contribution is -0.128. The number of hydrogen-bond acceptors (Lipinski definition) is 3. The highest BCUT2D eigenvalue weighted by molar-refractivity contribution is 5.81. The third-order valence-electron chi connectivity index (χ3n) is 5.72. The Bertz CT molecular complexity index is 874.